The summed E-state index contributed by atoms with van der Waals surface area (Å²) in [7, 11) is 1.47. The molecule has 1 aromatic heterocycles. The summed E-state index contributed by atoms with van der Waals surface area (Å²) in [4.78, 5) is 12.7. The number of benzene rings is 2. The SMILES string of the molecule is COc1cc(-n2cnnn2)c(Cl)cc1C(=O)N[C@@H]1C[C@H]1c1cccc(F)c1. The average molecular weight is 388 g/mol. The third kappa shape index (κ3) is 3.48. The predicted octanol–water partition coefficient (Wildman–Crippen LogP) is 2.75. The van der Waals surface area contributed by atoms with Crippen LogP contribution in [0.4, 0.5) is 4.39 Å². The summed E-state index contributed by atoms with van der Waals surface area (Å²) in [6.45, 7) is 0. The van der Waals surface area contributed by atoms with Gasteiger partial charge < -0.3 is 10.1 Å². The molecular weight excluding hydrogens is 373 g/mol. The Morgan fingerprint density at radius 2 is 2.22 bits per heavy atom. The molecule has 1 aliphatic carbocycles. The summed E-state index contributed by atoms with van der Waals surface area (Å²) in [6.07, 6.45) is 2.15. The molecule has 1 aliphatic rings. The number of carbonyl (C=O) groups excluding carboxylic acids is 1. The largest absolute Gasteiger partial charge is 0.496 e. The second-order valence-corrected chi connectivity index (χ2v) is 6.64. The maximum atomic E-state index is 13.4. The minimum absolute atomic E-state index is 0.0537. The molecule has 0 radical (unpaired) electrons. The number of tetrazole rings is 1. The summed E-state index contributed by atoms with van der Waals surface area (Å²) >= 11 is 6.29. The molecule has 9 heteroatoms. The minimum Gasteiger partial charge on any atom is -0.496 e. The van der Waals surface area contributed by atoms with Gasteiger partial charge in [0.25, 0.3) is 5.91 Å². The fraction of sp³-hybridized carbons (Fsp3) is 0.222. The molecule has 3 aromatic rings. The van der Waals surface area contributed by atoms with Crippen molar-refractivity contribution in [2.24, 2.45) is 0 Å². The summed E-state index contributed by atoms with van der Waals surface area (Å²) in [5.41, 5.74) is 1.68. The van der Waals surface area contributed by atoms with Crippen LogP contribution in [0.2, 0.25) is 5.02 Å². The van der Waals surface area contributed by atoms with Crippen LogP contribution in [0.3, 0.4) is 0 Å². The molecule has 2 atom stereocenters. The van der Waals surface area contributed by atoms with Crippen molar-refractivity contribution in [3.8, 4) is 11.4 Å². The molecule has 0 spiro atoms. The molecule has 27 heavy (non-hydrogen) atoms. The fourth-order valence-corrected chi connectivity index (χ4v) is 3.29. The van der Waals surface area contributed by atoms with E-state index in [0.29, 0.717) is 22.0 Å². The van der Waals surface area contributed by atoms with Gasteiger partial charge in [-0.15, -0.1) is 5.10 Å². The Morgan fingerprint density at radius 3 is 2.93 bits per heavy atom. The van der Waals surface area contributed by atoms with Crippen molar-refractivity contribution in [3.05, 3.63) is 64.7 Å². The first-order chi connectivity index (χ1) is 13.1. The lowest BCUT2D eigenvalue weighted by atomic mass is 10.1. The third-order valence-electron chi connectivity index (χ3n) is 4.49. The van der Waals surface area contributed by atoms with Crippen LogP contribution < -0.4 is 10.1 Å². The molecule has 0 bridgehead atoms. The van der Waals surface area contributed by atoms with Crippen molar-refractivity contribution in [1.82, 2.24) is 25.5 Å². The van der Waals surface area contributed by atoms with Gasteiger partial charge in [-0.1, -0.05) is 23.7 Å². The zero-order valence-electron chi connectivity index (χ0n) is 14.3. The maximum absolute atomic E-state index is 13.4. The number of methoxy groups -OCH3 is 1. The maximum Gasteiger partial charge on any atom is 0.255 e. The Morgan fingerprint density at radius 1 is 1.37 bits per heavy atom. The highest BCUT2D eigenvalue weighted by Crippen LogP contribution is 2.41. The number of ether oxygens (including phenoxy) is 1. The van der Waals surface area contributed by atoms with E-state index in [0.717, 1.165) is 12.0 Å². The first kappa shape index (κ1) is 17.4. The summed E-state index contributed by atoms with van der Waals surface area (Å²) < 4.78 is 20.1. The topological polar surface area (TPSA) is 81.9 Å². The lowest BCUT2D eigenvalue weighted by Gasteiger charge is -2.12. The molecule has 0 saturated heterocycles. The van der Waals surface area contributed by atoms with Crippen molar-refractivity contribution < 1.29 is 13.9 Å². The Labute approximate surface area is 159 Å². The minimum atomic E-state index is -0.305. The van der Waals surface area contributed by atoms with E-state index in [1.807, 2.05) is 6.07 Å². The number of carbonyl (C=O) groups is 1. The lowest BCUT2D eigenvalue weighted by Crippen LogP contribution is -2.27. The number of amides is 1. The smallest absolute Gasteiger partial charge is 0.255 e. The van der Waals surface area contributed by atoms with Gasteiger partial charge in [-0.05, 0) is 40.6 Å². The summed E-state index contributed by atoms with van der Waals surface area (Å²) in [5, 5.41) is 14.2. The van der Waals surface area contributed by atoms with E-state index in [9.17, 15) is 9.18 Å². The van der Waals surface area contributed by atoms with Crippen molar-refractivity contribution in [3.63, 3.8) is 0 Å². The van der Waals surface area contributed by atoms with Gasteiger partial charge in [0.1, 0.15) is 17.9 Å². The number of rotatable bonds is 5. The van der Waals surface area contributed by atoms with Crippen LogP contribution in [0.1, 0.15) is 28.3 Å². The average Bonchev–Trinajstić information content (AvgIpc) is 3.21. The zero-order valence-corrected chi connectivity index (χ0v) is 15.0. The second kappa shape index (κ2) is 6.96. The number of nitrogens with zero attached hydrogens (tertiary/aromatic N) is 4. The zero-order chi connectivity index (χ0) is 19.0. The number of halogens is 2. The van der Waals surface area contributed by atoms with Crippen LogP contribution >= 0.6 is 11.6 Å². The van der Waals surface area contributed by atoms with Crippen LogP contribution in [0.15, 0.2) is 42.7 Å². The van der Waals surface area contributed by atoms with Crippen molar-refractivity contribution in [2.45, 2.75) is 18.4 Å². The molecule has 0 unspecified atom stereocenters. The second-order valence-electron chi connectivity index (χ2n) is 6.24. The molecule has 1 heterocycles. The Bertz CT molecular complexity index is 995. The normalized spacial score (nSPS) is 18.2. The summed E-state index contributed by atoms with van der Waals surface area (Å²) in [6, 6.07) is 9.49. The van der Waals surface area contributed by atoms with Crippen LogP contribution in [0.25, 0.3) is 5.69 Å². The molecule has 1 amide bonds. The van der Waals surface area contributed by atoms with Crippen LogP contribution in [-0.4, -0.2) is 39.3 Å². The number of hydrogen-bond donors (Lipinski definition) is 1. The van der Waals surface area contributed by atoms with Crippen molar-refractivity contribution >= 4 is 17.5 Å². The number of hydrogen-bond acceptors (Lipinski definition) is 5. The molecule has 138 valence electrons. The number of nitrogens with one attached hydrogen (secondary N) is 1. The van der Waals surface area contributed by atoms with E-state index in [-0.39, 0.29) is 23.7 Å². The molecule has 1 saturated carbocycles. The van der Waals surface area contributed by atoms with Crippen LogP contribution in [-0.2, 0) is 0 Å². The molecular formula is C18H15ClFN5O2. The molecule has 1 fully saturated rings. The third-order valence-corrected chi connectivity index (χ3v) is 4.80. The molecule has 4 rings (SSSR count). The van der Waals surface area contributed by atoms with Gasteiger partial charge in [-0.3, -0.25) is 4.79 Å². The first-order valence-corrected chi connectivity index (χ1v) is 8.62. The van der Waals surface area contributed by atoms with E-state index in [4.69, 9.17) is 16.3 Å². The van der Waals surface area contributed by atoms with E-state index in [2.05, 4.69) is 20.8 Å². The van der Waals surface area contributed by atoms with Gasteiger partial charge in [-0.25, -0.2) is 4.39 Å². The number of aromatic nitrogens is 4. The Balaban J connectivity index is 1.53. The molecule has 1 N–H and O–H groups in total. The highest BCUT2D eigenvalue weighted by molar-refractivity contribution is 6.33. The first-order valence-electron chi connectivity index (χ1n) is 8.24. The fourth-order valence-electron chi connectivity index (χ4n) is 3.04. The van der Waals surface area contributed by atoms with Gasteiger partial charge in [0.15, 0.2) is 0 Å². The van der Waals surface area contributed by atoms with Crippen LogP contribution in [0, 0.1) is 5.82 Å². The van der Waals surface area contributed by atoms with Gasteiger partial charge >= 0.3 is 0 Å². The van der Waals surface area contributed by atoms with E-state index >= 15 is 0 Å². The lowest BCUT2D eigenvalue weighted by molar-refractivity contribution is 0.0947. The standard InChI is InChI=1S/C18H15ClFN5O2/c1-27-17-8-16(25-9-21-23-24-25)14(19)6-13(17)18(26)22-15-7-12(15)10-3-2-4-11(20)5-10/h2-6,8-9,12,15H,7H2,1H3,(H,22,26)/t12-,15+/m0/s1. The highest BCUT2D eigenvalue weighted by atomic mass is 35.5. The van der Waals surface area contributed by atoms with Crippen molar-refractivity contribution in [2.75, 3.05) is 7.11 Å². The molecule has 2 aromatic carbocycles. The van der Waals surface area contributed by atoms with Gasteiger partial charge in [0.05, 0.1) is 23.4 Å². The Kier molecular flexibility index (Phi) is 4.49. The highest BCUT2D eigenvalue weighted by Gasteiger charge is 2.40. The van der Waals surface area contributed by atoms with Crippen molar-refractivity contribution in [1.29, 1.82) is 0 Å². The Hall–Kier alpha value is -3.00. The van der Waals surface area contributed by atoms with E-state index in [1.54, 1.807) is 12.1 Å². The van der Waals surface area contributed by atoms with Gasteiger partial charge in [0, 0.05) is 18.0 Å². The van der Waals surface area contributed by atoms with E-state index in [1.165, 1.54) is 36.3 Å². The van der Waals surface area contributed by atoms with E-state index < -0.39 is 0 Å². The van der Waals surface area contributed by atoms with Gasteiger partial charge in [0.2, 0.25) is 0 Å². The van der Waals surface area contributed by atoms with Gasteiger partial charge in [-0.2, -0.15) is 4.68 Å². The van der Waals surface area contributed by atoms with Crippen LogP contribution in [0.5, 0.6) is 5.75 Å². The molecule has 0 aliphatic heterocycles. The monoisotopic (exact) mass is 387 g/mol. The summed E-state index contributed by atoms with van der Waals surface area (Å²) in [5.74, 6) is -0.131. The quantitative estimate of drug-likeness (QED) is 0.728. The molecule has 7 nitrogen and oxygen atoms in total. The predicted molar refractivity (Wildman–Crippen MR) is 95.7 cm³/mol.